The first-order chi connectivity index (χ1) is 22.0. The van der Waals surface area contributed by atoms with Crippen molar-refractivity contribution in [3.8, 4) is 0 Å². The summed E-state index contributed by atoms with van der Waals surface area (Å²) in [6.45, 7) is 32.0. The fourth-order valence-corrected chi connectivity index (χ4v) is 12.6. The molecular weight excluding hydrogens is 613 g/mol. The molecule has 0 radical (unpaired) electrons. The molecule has 1 heterocycles. The zero-order chi connectivity index (χ0) is 34.9. The summed E-state index contributed by atoms with van der Waals surface area (Å²) in [6.07, 6.45) is 7.30. The Hall–Kier alpha value is -1.81. The number of allylic oxidation sites excluding steroid dienone is 2. The maximum absolute atomic E-state index is 7.25. The van der Waals surface area contributed by atoms with E-state index in [1.54, 1.807) is 0 Å². The van der Waals surface area contributed by atoms with Crippen LogP contribution in [0.3, 0.4) is 0 Å². The Morgan fingerprint density at radius 2 is 1.47 bits per heavy atom. The third-order valence-electron chi connectivity index (χ3n) is 10.2. The Morgan fingerprint density at radius 1 is 0.894 bits per heavy atom. The van der Waals surface area contributed by atoms with E-state index in [1.807, 2.05) is 0 Å². The van der Waals surface area contributed by atoms with Crippen LogP contribution < -0.4 is 10.4 Å². The van der Waals surface area contributed by atoms with E-state index in [2.05, 4.69) is 149 Å². The molecule has 3 rings (SSSR count). The predicted octanol–water partition coefficient (Wildman–Crippen LogP) is 10.1. The van der Waals surface area contributed by atoms with Gasteiger partial charge in [-0.2, -0.15) is 0 Å². The van der Waals surface area contributed by atoms with Gasteiger partial charge in [0.05, 0.1) is 12.7 Å². The molecule has 0 N–H and O–H groups in total. The fourth-order valence-electron chi connectivity index (χ4n) is 6.57. The minimum absolute atomic E-state index is 0.0227. The number of benzene rings is 2. The van der Waals surface area contributed by atoms with Gasteiger partial charge in [-0.05, 0) is 90.0 Å². The summed E-state index contributed by atoms with van der Waals surface area (Å²) < 4.78 is 26.3. The molecule has 4 atom stereocenters. The molecule has 4 nitrogen and oxygen atoms in total. The van der Waals surface area contributed by atoms with Gasteiger partial charge in [0.2, 0.25) is 0 Å². The van der Waals surface area contributed by atoms with Gasteiger partial charge in [-0.1, -0.05) is 134 Å². The maximum Gasteiger partial charge on any atom is 0.261 e. The zero-order valence-electron chi connectivity index (χ0n) is 31.7. The molecule has 0 bridgehead atoms. The summed E-state index contributed by atoms with van der Waals surface area (Å²) in [5.74, 6) is 0.804. The first-order valence-electron chi connectivity index (χ1n) is 18.0. The Kier molecular flexibility index (Phi) is 14.5. The molecule has 1 unspecified atom stereocenters. The minimum Gasteiger partial charge on any atom is -0.411 e. The van der Waals surface area contributed by atoms with Gasteiger partial charge in [-0.15, -0.1) is 0 Å². The standard InChI is InChI=1S/C41H66O4Si2/c1-32(27-33(2)30-44-47(41(8,9)10,37-21-15-13-16-22-37)38-23-17-14-18-24-38)28-34(3)35(4)29-36(45-46(11,12)40(5,6)7)31-43-39-25-19-20-26-42-39/h13-18,21-24,28,32-33,36,39H,4,19-20,25-27,29-31H2,1-3,5-12H3/b34-28+/t32-,33-,36+,39?/m1/s1. The highest BCUT2D eigenvalue weighted by Gasteiger charge is 2.50. The zero-order valence-corrected chi connectivity index (χ0v) is 33.7. The number of ether oxygens (including phenoxy) is 2. The lowest BCUT2D eigenvalue weighted by atomic mass is 9.93. The van der Waals surface area contributed by atoms with Crippen LogP contribution in [0.5, 0.6) is 0 Å². The SMILES string of the molecule is C=C(C[C@@H](COC1CCCCO1)O[Si](C)(C)C(C)(C)C)/C(C)=C/[C@H](C)C[C@@H](C)CO[Si](c1ccccc1)(c1ccccc1)C(C)(C)C. The lowest BCUT2D eigenvalue weighted by Crippen LogP contribution is -2.66. The van der Waals surface area contributed by atoms with Crippen LogP contribution in [0.2, 0.25) is 23.2 Å². The molecule has 6 heteroatoms. The molecule has 0 aliphatic carbocycles. The second kappa shape index (κ2) is 17.2. The molecule has 0 amide bonds. The molecule has 262 valence electrons. The van der Waals surface area contributed by atoms with Crippen molar-refractivity contribution < 1.29 is 18.3 Å². The van der Waals surface area contributed by atoms with Gasteiger partial charge >= 0.3 is 0 Å². The maximum atomic E-state index is 7.25. The third kappa shape index (κ3) is 11.1. The molecule has 1 aliphatic rings. The Bertz CT molecular complexity index is 1210. The van der Waals surface area contributed by atoms with Crippen LogP contribution in [-0.4, -0.2) is 48.8 Å². The highest BCUT2D eigenvalue weighted by Crippen LogP contribution is 2.39. The number of hydrogen-bond acceptors (Lipinski definition) is 4. The van der Waals surface area contributed by atoms with Crippen molar-refractivity contribution in [2.45, 2.75) is 130 Å². The Balaban J connectivity index is 1.69. The molecule has 1 saturated heterocycles. The molecule has 47 heavy (non-hydrogen) atoms. The number of hydrogen-bond donors (Lipinski definition) is 0. The highest BCUT2D eigenvalue weighted by atomic mass is 28.4. The van der Waals surface area contributed by atoms with Crippen LogP contribution in [-0.2, 0) is 18.3 Å². The van der Waals surface area contributed by atoms with Gasteiger partial charge in [0.1, 0.15) is 0 Å². The second-order valence-electron chi connectivity index (χ2n) is 16.6. The van der Waals surface area contributed by atoms with Crippen LogP contribution in [0.25, 0.3) is 0 Å². The van der Waals surface area contributed by atoms with Crippen molar-refractivity contribution in [3.05, 3.63) is 84.5 Å². The van der Waals surface area contributed by atoms with Gasteiger partial charge in [0, 0.05) is 13.2 Å². The normalized spacial score (nSPS) is 18.9. The van der Waals surface area contributed by atoms with E-state index in [4.69, 9.17) is 18.3 Å². The van der Waals surface area contributed by atoms with Crippen LogP contribution in [0.1, 0.15) is 94.4 Å². The van der Waals surface area contributed by atoms with Crippen LogP contribution in [0.15, 0.2) is 84.5 Å². The molecule has 0 saturated carbocycles. The Morgan fingerprint density at radius 3 is 1.96 bits per heavy atom. The molecular formula is C41H66O4Si2. The first-order valence-corrected chi connectivity index (χ1v) is 22.8. The smallest absolute Gasteiger partial charge is 0.261 e. The van der Waals surface area contributed by atoms with E-state index < -0.39 is 16.6 Å². The summed E-state index contributed by atoms with van der Waals surface area (Å²) in [5, 5.41) is 2.77. The third-order valence-corrected chi connectivity index (χ3v) is 19.8. The van der Waals surface area contributed by atoms with Gasteiger partial charge < -0.3 is 18.3 Å². The largest absolute Gasteiger partial charge is 0.411 e. The monoisotopic (exact) mass is 678 g/mol. The lowest BCUT2D eigenvalue weighted by Gasteiger charge is -2.43. The van der Waals surface area contributed by atoms with Crippen molar-refractivity contribution in [2.75, 3.05) is 19.8 Å². The van der Waals surface area contributed by atoms with Crippen molar-refractivity contribution in [1.29, 1.82) is 0 Å². The van der Waals surface area contributed by atoms with Gasteiger partial charge in [-0.3, -0.25) is 0 Å². The predicted molar refractivity (Wildman–Crippen MR) is 206 cm³/mol. The molecule has 0 aromatic heterocycles. The lowest BCUT2D eigenvalue weighted by molar-refractivity contribution is -0.173. The Labute approximate surface area is 290 Å². The van der Waals surface area contributed by atoms with E-state index >= 15 is 0 Å². The van der Waals surface area contributed by atoms with Crippen molar-refractivity contribution in [2.24, 2.45) is 11.8 Å². The van der Waals surface area contributed by atoms with E-state index in [1.165, 1.54) is 15.9 Å². The summed E-state index contributed by atoms with van der Waals surface area (Å²) in [5.41, 5.74) is 2.38. The van der Waals surface area contributed by atoms with E-state index in [-0.39, 0.29) is 22.5 Å². The first kappa shape index (κ1) is 39.6. The highest BCUT2D eigenvalue weighted by molar-refractivity contribution is 6.99. The van der Waals surface area contributed by atoms with Crippen LogP contribution in [0, 0.1) is 11.8 Å². The van der Waals surface area contributed by atoms with E-state index in [0.717, 1.165) is 50.9 Å². The fraction of sp³-hybridized carbons (Fsp3) is 0.610. The van der Waals surface area contributed by atoms with Crippen molar-refractivity contribution in [3.63, 3.8) is 0 Å². The molecule has 2 aromatic rings. The van der Waals surface area contributed by atoms with Crippen molar-refractivity contribution >= 4 is 27.0 Å². The molecule has 2 aromatic carbocycles. The molecule has 1 fully saturated rings. The van der Waals surface area contributed by atoms with Crippen LogP contribution >= 0.6 is 0 Å². The van der Waals surface area contributed by atoms with Crippen LogP contribution in [0.4, 0.5) is 0 Å². The summed E-state index contributed by atoms with van der Waals surface area (Å²) in [4.78, 5) is 0. The van der Waals surface area contributed by atoms with E-state index in [9.17, 15) is 0 Å². The van der Waals surface area contributed by atoms with Crippen molar-refractivity contribution in [1.82, 2.24) is 0 Å². The average molecular weight is 679 g/mol. The molecule has 0 spiro atoms. The number of rotatable bonds is 16. The second-order valence-corrected chi connectivity index (χ2v) is 25.6. The average Bonchev–Trinajstić information content (AvgIpc) is 3.00. The van der Waals surface area contributed by atoms with Gasteiger partial charge in [0.15, 0.2) is 14.6 Å². The topological polar surface area (TPSA) is 36.9 Å². The summed E-state index contributed by atoms with van der Waals surface area (Å²) >= 11 is 0. The summed E-state index contributed by atoms with van der Waals surface area (Å²) in [6, 6.07) is 21.9. The summed E-state index contributed by atoms with van der Waals surface area (Å²) in [7, 11) is -4.54. The quantitative estimate of drug-likeness (QED) is 0.131. The van der Waals surface area contributed by atoms with Gasteiger partial charge in [-0.25, -0.2) is 0 Å². The minimum atomic E-state index is -2.55. The van der Waals surface area contributed by atoms with Gasteiger partial charge in [0.25, 0.3) is 8.32 Å². The molecule has 1 aliphatic heterocycles. The van der Waals surface area contributed by atoms with E-state index in [0.29, 0.717) is 18.4 Å².